The Balaban J connectivity index is 1.49. The van der Waals surface area contributed by atoms with Crippen molar-refractivity contribution < 1.29 is 19.0 Å². The predicted molar refractivity (Wildman–Crippen MR) is 123 cm³/mol. The topological polar surface area (TPSA) is 120 Å². The lowest BCUT2D eigenvalue weighted by Crippen LogP contribution is -2.42. The van der Waals surface area contributed by atoms with E-state index in [2.05, 4.69) is 20.0 Å². The third-order valence-electron chi connectivity index (χ3n) is 5.59. The summed E-state index contributed by atoms with van der Waals surface area (Å²) < 4.78 is 17.7. The summed E-state index contributed by atoms with van der Waals surface area (Å²) in [4.78, 5) is 25.4. The van der Waals surface area contributed by atoms with Crippen LogP contribution in [0.2, 0.25) is 0 Å². The molecule has 0 spiro atoms. The van der Waals surface area contributed by atoms with Crippen LogP contribution in [0.25, 0.3) is 5.82 Å². The summed E-state index contributed by atoms with van der Waals surface area (Å²) in [5.41, 5.74) is 6.85. The molecule has 1 aromatic heterocycles. The molecule has 0 aliphatic carbocycles. The van der Waals surface area contributed by atoms with E-state index in [-0.39, 0.29) is 18.3 Å². The van der Waals surface area contributed by atoms with E-state index in [1.165, 1.54) is 0 Å². The molecule has 3 heterocycles. The largest absolute Gasteiger partial charge is 0.493 e. The normalized spacial score (nSPS) is 17.1. The van der Waals surface area contributed by atoms with Gasteiger partial charge in [-0.1, -0.05) is 6.07 Å². The SMILES string of the molecule is COc1ccc(Cc2nc(N)nn2C2=CCC(=O)N(CCN3CCOCC3)C=N2)cc1OC. The highest BCUT2D eigenvalue weighted by Crippen LogP contribution is 2.28. The molecule has 1 amide bonds. The molecule has 2 N–H and O–H groups in total. The number of nitrogen functional groups attached to an aromatic ring is 1. The number of aromatic nitrogens is 3. The van der Waals surface area contributed by atoms with Crippen molar-refractivity contribution in [1.29, 1.82) is 0 Å². The summed E-state index contributed by atoms with van der Waals surface area (Å²) >= 11 is 0. The average Bonchev–Trinajstić information content (AvgIpc) is 3.09. The molecular formula is C22H29N7O4. The molecule has 2 aliphatic heterocycles. The Labute approximate surface area is 192 Å². The monoisotopic (exact) mass is 455 g/mol. The first kappa shape index (κ1) is 22.7. The molecule has 4 rings (SSSR count). The van der Waals surface area contributed by atoms with Crippen LogP contribution in [0.3, 0.4) is 0 Å². The van der Waals surface area contributed by atoms with E-state index in [0.29, 0.717) is 36.1 Å². The van der Waals surface area contributed by atoms with Crippen LogP contribution >= 0.6 is 0 Å². The summed E-state index contributed by atoms with van der Waals surface area (Å²) in [6.07, 6.45) is 3.99. The number of carbonyl (C=O) groups is 1. The van der Waals surface area contributed by atoms with Gasteiger partial charge in [-0.3, -0.25) is 9.69 Å². The molecule has 176 valence electrons. The Hall–Kier alpha value is -3.44. The molecule has 33 heavy (non-hydrogen) atoms. The van der Waals surface area contributed by atoms with Gasteiger partial charge in [-0.25, -0.2) is 4.99 Å². The Morgan fingerprint density at radius 2 is 1.91 bits per heavy atom. The maximum absolute atomic E-state index is 12.6. The number of methoxy groups -OCH3 is 2. The second-order valence-corrected chi connectivity index (χ2v) is 7.72. The van der Waals surface area contributed by atoms with Crippen LogP contribution in [0.1, 0.15) is 17.8 Å². The van der Waals surface area contributed by atoms with E-state index in [9.17, 15) is 4.79 Å². The zero-order valence-electron chi connectivity index (χ0n) is 18.9. The van der Waals surface area contributed by atoms with Crippen molar-refractivity contribution in [2.75, 3.05) is 59.3 Å². The highest BCUT2D eigenvalue weighted by atomic mass is 16.5. The quantitative estimate of drug-likeness (QED) is 0.622. The van der Waals surface area contributed by atoms with Crippen molar-refractivity contribution in [3.63, 3.8) is 0 Å². The third-order valence-corrected chi connectivity index (χ3v) is 5.59. The number of nitrogens with zero attached hydrogens (tertiary/aromatic N) is 6. The first-order chi connectivity index (χ1) is 16.1. The van der Waals surface area contributed by atoms with Crippen LogP contribution in [-0.2, 0) is 16.0 Å². The van der Waals surface area contributed by atoms with Crippen molar-refractivity contribution in [3.8, 4) is 11.5 Å². The third kappa shape index (κ3) is 5.49. The van der Waals surface area contributed by atoms with Gasteiger partial charge in [0.1, 0.15) is 5.82 Å². The number of aliphatic imine (C=N–C) groups is 1. The molecule has 0 atom stereocenters. The van der Waals surface area contributed by atoms with Crippen molar-refractivity contribution in [2.24, 2.45) is 4.99 Å². The number of amides is 1. The van der Waals surface area contributed by atoms with Gasteiger partial charge in [-0.15, -0.1) is 5.10 Å². The fourth-order valence-corrected chi connectivity index (χ4v) is 3.77. The molecule has 2 aliphatic rings. The zero-order chi connectivity index (χ0) is 23.2. The van der Waals surface area contributed by atoms with E-state index in [1.54, 1.807) is 36.2 Å². The van der Waals surface area contributed by atoms with Crippen molar-refractivity contribution >= 4 is 24.0 Å². The number of ether oxygens (including phenoxy) is 3. The molecule has 0 saturated carbocycles. The van der Waals surface area contributed by atoms with Crippen molar-refractivity contribution in [1.82, 2.24) is 24.6 Å². The molecule has 11 heteroatoms. The van der Waals surface area contributed by atoms with Gasteiger partial charge in [0.25, 0.3) is 0 Å². The standard InChI is InChI=1S/C22H29N7O4/c1-31-17-4-3-16(13-18(17)32-2)14-20-25-22(23)26-29(20)19-5-6-21(30)28(15-24-19)8-7-27-9-11-33-12-10-27/h3-5,13,15H,6-12,14H2,1-2H3,(H2,23,26). The highest BCUT2D eigenvalue weighted by Gasteiger charge is 2.20. The zero-order valence-corrected chi connectivity index (χ0v) is 18.9. The van der Waals surface area contributed by atoms with Gasteiger partial charge in [-0.05, 0) is 23.8 Å². The minimum absolute atomic E-state index is 0.0171. The van der Waals surface area contributed by atoms with Gasteiger partial charge >= 0.3 is 0 Å². The molecule has 2 aromatic rings. The lowest BCUT2D eigenvalue weighted by atomic mass is 10.1. The van der Waals surface area contributed by atoms with E-state index in [4.69, 9.17) is 19.9 Å². The maximum atomic E-state index is 12.6. The molecule has 1 fully saturated rings. The smallest absolute Gasteiger partial charge is 0.240 e. The predicted octanol–water partition coefficient (Wildman–Crippen LogP) is 0.860. The highest BCUT2D eigenvalue weighted by molar-refractivity contribution is 5.91. The minimum atomic E-state index is -0.0171. The Kier molecular flexibility index (Phi) is 7.20. The number of benzene rings is 1. The number of rotatable bonds is 8. The Morgan fingerprint density at radius 3 is 2.67 bits per heavy atom. The second-order valence-electron chi connectivity index (χ2n) is 7.72. The Morgan fingerprint density at radius 1 is 1.12 bits per heavy atom. The van der Waals surface area contributed by atoms with Crippen molar-refractivity contribution in [2.45, 2.75) is 12.8 Å². The van der Waals surface area contributed by atoms with Crippen LogP contribution in [0.15, 0.2) is 29.3 Å². The van der Waals surface area contributed by atoms with Gasteiger partial charge in [0.05, 0.1) is 33.8 Å². The number of carbonyl (C=O) groups excluding carboxylic acids is 1. The number of nitrogens with two attached hydrogens (primary N) is 1. The van der Waals surface area contributed by atoms with Crippen molar-refractivity contribution in [3.05, 3.63) is 35.7 Å². The first-order valence-electron chi connectivity index (χ1n) is 10.8. The molecular weight excluding hydrogens is 426 g/mol. The van der Waals surface area contributed by atoms with Gasteiger partial charge in [-0.2, -0.15) is 9.67 Å². The number of morpholine rings is 1. The number of hydrogen-bond acceptors (Lipinski definition) is 9. The van der Waals surface area contributed by atoms with E-state index < -0.39 is 0 Å². The number of anilines is 1. The second kappa shape index (κ2) is 10.5. The average molecular weight is 456 g/mol. The van der Waals surface area contributed by atoms with Crippen LogP contribution in [0, 0.1) is 0 Å². The molecule has 1 saturated heterocycles. The van der Waals surface area contributed by atoms with E-state index >= 15 is 0 Å². The van der Waals surface area contributed by atoms with Gasteiger partial charge in [0.2, 0.25) is 11.9 Å². The van der Waals surface area contributed by atoms with Gasteiger partial charge < -0.3 is 24.8 Å². The summed E-state index contributed by atoms with van der Waals surface area (Å²) in [5.74, 6) is 2.52. The fraction of sp³-hybridized carbons (Fsp3) is 0.455. The first-order valence-corrected chi connectivity index (χ1v) is 10.8. The fourth-order valence-electron chi connectivity index (χ4n) is 3.77. The van der Waals surface area contributed by atoms with Crippen LogP contribution in [0.5, 0.6) is 11.5 Å². The van der Waals surface area contributed by atoms with E-state index in [1.807, 2.05) is 18.2 Å². The molecule has 11 nitrogen and oxygen atoms in total. The molecule has 1 aromatic carbocycles. The summed E-state index contributed by atoms with van der Waals surface area (Å²) in [5, 5.41) is 4.31. The van der Waals surface area contributed by atoms with Gasteiger partial charge in [0, 0.05) is 39.0 Å². The lowest BCUT2D eigenvalue weighted by Gasteiger charge is -2.28. The van der Waals surface area contributed by atoms with Crippen LogP contribution in [-0.4, -0.2) is 90.4 Å². The minimum Gasteiger partial charge on any atom is -0.493 e. The maximum Gasteiger partial charge on any atom is 0.240 e. The van der Waals surface area contributed by atoms with E-state index in [0.717, 1.165) is 38.4 Å². The molecule has 0 radical (unpaired) electrons. The summed E-state index contributed by atoms with van der Waals surface area (Å²) in [6, 6.07) is 5.65. The lowest BCUT2D eigenvalue weighted by molar-refractivity contribution is -0.126. The number of hydrogen-bond donors (Lipinski definition) is 1. The van der Waals surface area contributed by atoms with Crippen LogP contribution < -0.4 is 15.2 Å². The molecule has 0 bridgehead atoms. The molecule has 0 unspecified atom stereocenters. The van der Waals surface area contributed by atoms with Gasteiger partial charge in [0.15, 0.2) is 17.3 Å². The van der Waals surface area contributed by atoms with Crippen LogP contribution in [0.4, 0.5) is 5.95 Å². The summed E-state index contributed by atoms with van der Waals surface area (Å²) in [6.45, 7) is 4.55. The summed E-state index contributed by atoms with van der Waals surface area (Å²) in [7, 11) is 3.19. The Bertz CT molecular complexity index is 1040.